The van der Waals surface area contributed by atoms with E-state index < -0.39 is 17.2 Å². The number of ether oxygens (including phenoxy) is 1. The Labute approximate surface area is 118 Å². The summed E-state index contributed by atoms with van der Waals surface area (Å²) in [5, 5.41) is 1.96. The summed E-state index contributed by atoms with van der Waals surface area (Å²) in [6.45, 7) is 9.07. The third kappa shape index (κ3) is 3.56. The molecule has 1 amide bonds. The van der Waals surface area contributed by atoms with E-state index in [9.17, 15) is 9.59 Å². The number of nitrogens with zero attached hydrogens (tertiary/aromatic N) is 1. The van der Waals surface area contributed by atoms with Crippen molar-refractivity contribution in [2.45, 2.75) is 45.8 Å². The van der Waals surface area contributed by atoms with Crippen molar-refractivity contribution in [3.63, 3.8) is 0 Å². The molecular weight excluding hydrogens is 262 g/mol. The fourth-order valence-electron chi connectivity index (χ4n) is 1.52. The Morgan fingerprint density at radius 3 is 2.32 bits per heavy atom. The highest BCUT2D eigenvalue weighted by Gasteiger charge is 2.37. The largest absolute Gasteiger partial charge is 0.444 e. The minimum atomic E-state index is -0.999. The second-order valence-corrected chi connectivity index (χ2v) is 6.70. The summed E-state index contributed by atoms with van der Waals surface area (Å²) in [7, 11) is 1.58. The number of amides is 1. The molecule has 1 aromatic rings. The molecule has 1 heterocycles. The number of carbonyl (C=O) groups is 2. The van der Waals surface area contributed by atoms with Gasteiger partial charge in [0.2, 0.25) is 0 Å². The maximum absolute atomic E-state index is 12.1. The number of rotatable bonds is 3. The molecule has 19 heavy (non-hydrogen) atoms. The number of carbonyl (C=O) groups excluding carboxylic acids is 2. The van der Waals surface area contributed by atoms with Gasteiger partial charge in [0.15, 0.2) is 6.29 Å². The van der Waals surface area contributed by atoms with Crippen LogP contribution in [0.15, 0.2) is 11.4 Å². The van der Waals surface area contributed by atoms with Gasteiger partial charge in [-0.2, -0.15) is 0 Å². The number of hydrogen-bond donors (Lipinski definition) is 0. The molecule has 4 nitrogen and oxygen atoms in total. The van der Waals surface area contributed by atoms with Gasteiger partial charge >= 0.3 is 6.09 Å². The molecule has 0 aromatic carbocycles. The number of aryl methyl sites for hydroxylation is 1. The van der Waals surface area contributed by atoms with E-state index in [1.807, 2.05) is 18.4 Å². The van der Waals surface area contributed by atoms with Crippen molar-refractivity contribution in [2.75, 3.05) is 7.05 Å². The van der Waals surface area contributed by atoms with Crippen molar-refractivity contribution in [1.29, 1.82) is 0 Å². The molecule has 0 N–H and O–H groups in total. The molecule has 5 heteroatoms. The summed E-state index contributed by atoms with van der Waals surface area (Å²) < 4.78 is 5.31. The normalized spacial score (nSPS) is 14.6. The van der Waals surface area contributed by atoms with Crippen LogP contribution in [0.1, 0.15) is 38.1 Å². The average molecular weight is 283 g/mol. The second kappa shape index (κ2) is 5.33. The number of hydrogen-bond acceptors (Lipinski definition) is 4. The molecule has 0 fully saturated rings. The lowest BCUT2D eigenvalue weighted by atomic mass is 10.0. The summed E-state index contributed by atoms with van der Waals surface area (Å²) in [6, 6.07) is 1.92. The Morgan fingerprint density at radius 1 is 1.37 bits per heavy atom. The molecule has 0 radical (unpaired) electrons. The van der Waals surface area contributed by atoms with E-state index >= 15 is 0 Å². The van der Waals surface area contributed by atoms with Gasteiger partial charge in [0.1, 0.15) is 11.1 Å². The van der Waals surface area contributed by atoms with Gasteiger partial charge in [-0.25, -0.2) is 4.79 Å². The first-order valence-electron chi connectivity index (χ1n) is 6.09. The zero-order valence-corrected chi connectivity index (χ0v) is 13.1. The van der Waals surface area contributed by atoms with Crippen LogP contribution in [0, 0.1) is 6.92 Å². The lowest BCUT2D eigenvalue weighted by Gasteiger charge is -2.34. The quantitative estimate of drug-likeness (QED) is 0.799. The number of likely N-dealkylation sites (N-methyl/N-ethyl adjacent to an activating group) is 1. The van der Waals surface area contributed by atoms with Crippen LogP contribution in [0.3, 0.4) is 0 Å². The first kappa shape index (κ1) is 15.7. The lowest BCUT2D eigenvalue weighted by Crippen LogP contribution is -2.47. The maximum Gasteiger partial charge on any atom is 0.411 e. The van der Waals surface area contributed by atoms with Gasteiger partial charge in [0.05, 0.1) is 0 Å². The smallest absolute Gasteiger partial charge is 0.411 e. The highest BCUT2D eigenvalue weighted by Crippen LogP contribution is 2.31. The molecule has 0 bridgehead atoms. The summed E-state index contributed by atoms with van der Waals surface area (Å²) in [6.07, 6.45) is 0.274. The van der Waals surface area contributed by atoms with Crippen LogP contribution in [-0.4, -0.2) is 29.9 Å². The highest BCUT2D eigenvalue weighted by atomic mass is 32.1. The summed E-state index contributed by atoms with van der Waals surface area (Å²) in [5.74, 6) is 0. The fraction of sp³-hybridized carbons (Fsp3) is 0.571. The first-order chi connectivity index (χ1) is 8.60. The molecule has 0 spiro atoms. The third-order valence-corrected chi connectivity index (χ3v) is 4.10. The van der Waals surface area contributed by atoms with Crippen molar-refractivity contribution in [2.24, 2.45) is 0 Å². The van der Waals surface area contributed by atoms with Gasteiger partial charge in [-0.3, -0.25) is 4.90 Å². The Bertz CT molecular complexity index is 475. The van der Waals surface area contributed by atoms with Crippen LogP contribution in [0.2, 0.25) is 0 Å². The molecule has 0 aliphatic rings. The highest BCUT2D eigenvalue weighted by molar-refractivity contribution is 7.10. The van der Waals surface area contributed by atoms with E-state index in [1.165, 1.54) is 16.2 Å². The van der Waals surface area contributed by atoms with Crippen molar-refractivity contribution in [1.82, 2.24) is 4.90 Å². The average Bonchev–Trinajstić information content (AvgIpc) is 2.72. The first-order valence-corrected chi connectivity index (χ1v) is 6.97. The zero-order chi connectivity index (χ0) is 14.8. The topological polar surface area (TPSA) is 46.6 Å². The Kier molecular flexibility index (Phi) is 4.40. The van der Waals surface area contributed by atoms with Crippen LogP contribution in [0.25, 0.3) is 0 Å². The predicted octanol–water partition coefficient (Wildman–Crippen LogP) is 3.34. The molecule has 0 aliphatic carbocycles. The number of thiophene rings is 1. The Hall–Kier alpha value is -1.36. The molecule has 1 unspecified atom stereocenters. The van der Waals surface area contributed by atoms with Gasteiger partial charge < -0.3 is 9.53 Å². The monoisotopic (exact) mass is 283 g/mol. The molecule has 0 saturated heterocycles. The van der Waals surface area contributed by atoms with E-state index in [4.69, 9.17) is 4.74 Å². The maximum atomic E-state index is 12.1. The van der Waals surface area contributed by atoms with E-state index in [1.54, 1.807) is 34.7 Å². The lowest BCUT2D eigenvalue weighted by molar-refractivity contribution is -0.117. The Morgan fingerprint density at radius 2 is 1.95 bits per heavy atom. The molecule has 1 atom stereocenters. The van der Waals surface area contributed by atoms with Crippen LogP contribution in [0.4, 0.5) is 4.79 Å². The minimum Gasteiger partial charge on any atom is -0.444 e. The van der Waals surface area contributed by atoms with Gasteiger partial charge in [0.25, 0.3) is 0 Å². The van der Waals surface area contributed by atoms with Gasteiger partial charge in [-0.15, -0.1) is 11.3 Å². The molecule has 0 saturated carbocycles. The molecule has 1 rings (SSSR count). The summed E-state index contributed by atoms with van der Waals surface area (Å²) in [5.41, 5.74) is -0.507. The van der Waals surface area contributed by atoms with Crippen molar-refractivity contribution >= 4 is 23.7 Å². The van der Waals surface area contributed by atoms with E-state index in [0.717, 1.165) is 16.7 Å². The molecular formula is C14H21NO3S. The van der Waals surface area contributed by atoms with E-state index in [-0.39, 0.29) is 0 Å². The molecule has 1 aromatic heterocycles. The van der Waals surface area contributed by atoms with E-state index in [2.05, 4.69) is 0 Å². The van der Waals surface area contributed by atoms with Crippen LogP contribution >= 0.6 is 11.3 Å². The van der Waals surface area contributed by atoms with Gasteiger partial charge in [-0.05, 0) is 51.6 Å². The Balaban J connectivity index is 3.02. The van der Waals surface area contributed by atoms with Crippen molar-refractivity contribution in [3.8, 4) is 0 Å². The third-order valence-electron chi connectivity index (χ3n) is 2.82. The summed E-state index contributed by atoms with van der Waals surface area (Å²) in [4.78, 5) is 25.8. The van der Waals surface area contributed by atoms with Gasteiger partial charge in [-0.1, -0.05) is 0 Å². The predicted molar refractivity (Wildman–Crippen MR) is 76.5 cm³/mol. The molecule has 106 valence electrons. The van der Waals surface area contributed by atoms with Crippen molar-refractivity contribution < 1.29 is 14.3 Å². The second-order valence-electron chi connectivity index (χ2n) is 5.79. The SMILES string of the molecule is Cc1csc(C(C)(C=O)N(C)C(=O)OC(C)(C)C)c1. The van der Waals surface area contributed by atoms with E-state index in [0.29, 0.717) is 0 Å². The van der Waals surface area contributed by atoms with Crippen molar-refractivity contribution in [3.05, 3.63) is 21.9 Å². The standard InChI is InChI=1S/C14H21NO3S/c1-10-7-11(19-8-10)14(5,9-16)15(6)12(17)18-13(2,3)4/h7-9H,1-6H3. The van der Waals surface area contributed by atoms with Crippen LogP contribution < -0.4 is 0 Å². The fourth-order valence-corrected chi connectivity index (χ4v) is 2.58. The zero-order valence-electron chi connectivity index (χ0n) is 12.3. The van der Waals surface area contributed by atoms with Crippen LogP contribution in [0.5, 0.6) is 0 Å². The van der Waals surface area contributed by atoms with Gasteiger partial charge in [0, 0.05) is 11.9 Å². The summed E-state index contributed by atoms with van der Waals surface area (Å²) >= 11 is 1.46. The minimum absolute atomic E-state index is 0.506. The number of aldehydes is 1. The molecule has 0 aliphatic heterocycles. The van der Waals surface area contributed by atoms with Crippen LogP contribution in [-0.2, 0) is 15.1 Å².